The predicted octanol–water partition coefficient (Wildman–Crippen LogP) is 5.34. The molecule has 0 bridgehead atoms. The fourth-order valence-corrected chi connectivity index (χ4v) is 4.24. The van der Waals surface area contributed by atoms with Crippen LogP contribution in [0.15, 0.2) is 53.2 Å². The Morgan fingerprint density at radius 3 is 2.40 bits per heavy atom. The summed E-state index contributed by atoms with van der Waals surface area (Å²) in [5.74, 6) is 0.554. The molecular weight excluding hydrogens is 425 g/mol. The maximum atomic E-state index is 13.1. The van der Waals surface area contributed by atoms with Gasteiger partial charge in [-0.25, -0.2) is 14.4 Å². The highest BCUT2D eigenvalue weighted by atomic mass is 32.1. The number of amides is 1. The zero-order chi connectivity index (χ0) is 21.1. The van der Waals surface area contributed by atoms with Crippen LogP contribution < -0.4 is 14.8 Å². The minimum atomic E-state index is -0.349. The summed E-state index contributed by atoms with van der Waals surface area (Å²) in [7, 11) is 3.14. The van der Waals surface area contributed by atoms with Gasteiger partial charge in [0.2, 0.25) is 0 Å². The second-order valence-electron chi connectivity index (χ2n) is 6.11. The molecule has 0 aliphatic carbocycles. The summed E-state index contributed by atoms with van der Waals surface area (Å²) in [6.07, 6.45) is 0. The van der Waals surface area contributed by atoms with Crippen LogP contribution in [0.1, 0.15) is 10.5 Å². The molecule has 2 heterocycles. The third-order valence-electron chi connectivity index (χ3n) is 4.23. The standard InChI is InChI=1S/C21H16FN3O3S2/c1-27-17-8-5-13(9-18(17)28-2)20-23-16(11-29-20)19(26)25-21-24-15(10-30-21)12-3-6-14(22)7-4-12/h3-11H,1-2H3,(H,24,25,26). The van der Waals surface area contributed by atoms with Crippen molar-refractivity contribution < 1.29 is 18.7 Å². The number of aromatic nitrogens is 2. The molecule has 6 nitrogen and oxygen atoms in total. The zero-order valence-corrected chi connectivity index (χ0v) is 17.6. The Morgan fingerprint density at radius 2 is 1.67 bits per heavy atom. The molecule has 0 saturated carbocycles. The molecule has 30 heavy (non-hydrogen) atoms. The average Bonchev–Trinajstić information content (AvgIpc) is 3.44. The Bertz CT molecular complexity index is 1190. The lowest BCUT2D eigenvalue weighted by Gasteiger charge is -2.08. The van der Waals surface area contributed by atoms with E-state index in [0.717, 1.165) is 11.1 Å². The quantitative estimate of drug-likeness (QED) is 0.437. The van der Waals surface area contributed by atoms with Crippen LogP contribution in [0, 0.1) is 5.82 Å². The fourth-order valence-electron chi connectivity index (χ4n) is 2.73. The number of carbonyl (C=O) groups is 1. The van der Waals surface area contributed by atoms with Crippen LogP contribution in [0.2, 0.25) is 0 Å². The first-order valence-electron chi connectivity index (χ1n) is 8.78. The number of hydrogen-bond acceptors (Lipinski definition) is 7. The van der Waals surface area contributed by atoms with Gasteiger partial charge in [-0.3, -0.25) is 10.1 Å². The van der Waals surface area contributed by atoms with E-state index in [1.807, 2.05) is 12.1 Å². The summed E-state index contributed by atoms with van der Waals surface area (Å²) < 4.78 is 23.6. The Labute approximate surface area is 180 Å². The first-order chi connectivity index (χ1) is 14.6. The molecule has 1 amide bonds. The molecule has 2 aromatic heterocycles. The molecule has 0 aliphatic rings. The molecule has 0 radical (unpaired) electrons. The summed E-state index contributed by atoms with van der Waals surface area (Å²) in [6, 6.07) is 11.5. The lowest BCUT2D eigenvalue weighted by molar-refractivity contribution is 0.102. The topological polar surface area (TPSA) is 73.3 Å². The minimum Gasteiger partial charge on any atom is -0.493 e. The van der Waals surface area contributed by atoms with Crippen molar-refractivity contribution in [3.63, 3.8) is 0 Å². The lowest BCUT2D eigenvalue weighted by Crippen LogP contribution is -2.12. The van der Waals surface area contributed by atoms with Gasteiger partial charge < -0.3 is 9.47 Å². The normalized spacial score (nSPS) is 10.6. The fraction of sp³-hybridized carbons (Fsp3) is 0.0952. The van der Waals surface area contributed by atoms with E-state index in [4.69, 9.17) is 9.47 Å². The Kier molecular flexibility index (Phi) is 5.73. The van der Waals surface area contributed by atoms with Crippen molar-refractivity contribution in [2.45, 2.75) is 0 Å². The summed E-state index contributed by atoms with van der Waals surface area (Å²) >= 11 is 2.65. The van der Waals surface area contributed by atoms with Crippen molar-refractivity contribution in [1.82, 2.24) is 9.97 Å². The lowest BCUT2D eigenvalue weighted by atomic mass is 10.2. The molecule has 0 spiro atoms. The smallest absolute Gasteiger partial charge is 0.276 e. The van der Waals surface area contributed by atoms with Gasteiger partial charge in [0.25, 0.3) is 5.91 Å². The van der Waals surface area contributed by atoms with Crippen LogP contribution in [0.4, 0.5) is 9.52 Å². The molecule has 4 aromatic rings. The van der Waals surface area contributed by atoms with E-state index in [-0.39, 0.29) is 11.7 Å². The van der Waals surface area contributed by atoms with E-state index in [1.165, 1.54) is 34.8 Å². The van der Waals surface area contributed by atoms with Crippen molar-refractivity contribution in [3.05, 3.63) is 64.7 Å². The van der Waals surface area contributed by atoms with Gasteiger partial charge in [0.05, 0.1) is 19.9 Å². The molecule has 1 N–H and O–H groups in total. The number of methoxy groups -OCH3 is 2. The number of halogens is 1. The predicted molar refractivity (Wildman–Crippen MR) is 116 cm³/mol. The number of thiazole rings is 2. The molecule has 0 saturated heterocycles. The van der Waals surface area contributed by atoms with Gasteiger partial charge >= 0.3 is 0 Å². The van der Waals surface area contributed by atoms with Crippen molar-refractivity contribution in [2.75, 3.05) is 19.5 Å². The van der Waals surface area contributed by atoms with E-state index in [2.05, 4.69) is 15.3 Å². The minimum absolute atomic E-state index is 0.295. The largest absolute Gasteiger partial charge is 0.493 e. The maximum Gasteiger partial charge on any atom is 0.276 e. The van der Waals surface area contributed by atoms with Gasteiger partial charge in [0.15, 0.2) is 16.6 Å². The first kappa shape index (κ1) is 20.0. The number of ether oxygens (including phenoxy) is 2. The van der Waals surface area contributed by atoms with Gasteiger partial charge in [0.1, 0.15) is 16.5 Å². The summed E-state index contributed by atoms with van der Waals surface area (Å²) in [4.78, 5) is 21.4. The Hall–Kier alpha value is -3.30. The van der Waals surface area contributed by atoms with Gasteiger partial charge in [-0.05, 0) is 42.5 Å². The highest BCUT2D eigenvalue weighted by molar-refractivity contribution is 7.14. The number of carbonyl (C=O) groups excluding carboxylic acids is 1. The molecule has 4 rings (SSSR count). The molecule has 0 atom stereocenters. The number of benzene rings is 2. The van der Waals surface area contributed by atoms with Crippen molar-refractivity contribution in [2.24, 2.45) is 0 Å². The van der Waals surface area contributed by atoms with Crippen LogP contribution in [0.25, 0.3) is 21.8 Å². The van der Waals surface area contributed by atoms with Crippen LogP contribution in [0.3, 0.4) is 0 Å². The molecule has 0 fully saturated rings. The van der Waals surface area contributed by atoms with E-state index in [1.54, 1.807) is 43.2 Å². The second-order valence-corrected chi connectivity index (χ2v) is 7.82. The van der Waals surface area contributed by atoms with Gasteiger partial charge in [0, 0.05) is 21.9 Å². The van der Waals surface area contributed by atoms with E-state index >= 15 is 0 Å². The highest BCUT2D eigenvalue weighted by Crippen LogP contribution is 2.33. The van der Waals surface area contributed by atoms with E-state index in [9.17, 15) is 9.18 Å². The summed E-state index contributed by atoms with van der Waals surface area (Å²) in [5, 5.41) is 7.39. The Morgan fingerprint density at radius 1 is 0.933 bits per heavy atom. The average molecular weight is 442 g/mol. The molecule has 9 heteroatoms. The number of anilines is 1. The molecule has 152 valence electrons. The van der Waals surface area contributed by atoms with E-state index < -0.39 is 0 Å². The zero-order valence-electron chi connectivity index (χ0n) is 16.0. The monoisotopic (exact) mass is 441 g/mol. The highest BCUT2D eigenvalue weighted by Gasteiger charge is 2.15. The SMILES string of the molecule is COc1ccc(-c2nc(C(=O)Nc3nc(-c4ccc(F)cc4)cs3)cs2)cc1OC. The van der Waals surface area contributed by atoms with Gasteiger partial charge in [-0.1, -0.05) is 0 Å². The summed E-state index contributed by atoms with van der Waals surface area (Å²) in [6.45, 7) is 0. The van der Waals surface area contributed by atoms with Crippen molar-refractivity contribution in [3.8, 4) is 33.3 Å². The number of nitrogens with zero attached hydrogens (tertiary/aromatic N) is 2. The Balaban J connectivity index is 1.49. The van der Waals surface area contributed by atoms with Crippen LogP contribution in [0.5, 0.6) is 11.5 Å². The van der Waals surface area contributed by atoms with Crippen LogP contribution >= 0.6 is 22.7 Å². The van der Waals surface area contributed by atoms with Gasteiger partial charge in [-0.15, -0.1) is 22.7 Å². The maximum absolute atomic E-state index is 13.1. The number of rotatable bonds is 6. The third-order valence-corrected chi connectivity index (χ3v) is 5.88. The van der Waals surface area contributed by atoms with E-state index in [0.29, 0.717) is 33.0 Å². The first-order valence-corrected chi connectivity index (χ1v) is 10.5. The van der Waals surface area contributed by atoms with Crippen LogP contribution in [-0.4, -0.2) is 30.1 Å². The number of nitrogens with one attached hydrogen (secondary N) is 1. The number of hydrogen-bond donors (Lipinski definition) is 1. The van der Waals surface area contributed by atoms with Gasteiger partial charge in [-0.2, -0.15) is 0 Å². The second kappa shape index (κ2) is 8.60. The van der Waals surface area contributed by atoms with Crippen molar-refractivity contribution >= 4 is 33.7 Å². The van der Waals surface area contributed by atoms with Crippen LogP contribution in [-0.2, 0) is 0 Å². The van der Waals surface area contributed by atoms with Crippen molar-refractivity contribution in [1.29, 1.82) is 0 Å². The molecular formula is C21H16FN3O3S2. The molecule has 0 unspecified atom stereocenters. The molecule has 0 aliphatic heterocycles. The third kappa shape index (κ3) is 4.17. The summed E-state index contributed by atoms with van der Waals surface area (Å²) in [5.41, 5.74) is 2.56. The molecule has 2 aromatic carbocycles.